The Bertz CT molecular complexity index is 1540. The van der Waals surface area contributed by atoms with Crippen molar-refractivity contribution in [3.05, 3.63) is 65.4 Å². The van der Waals surface area contributed by atoms with E-state index < -0.39 is 35.4 Å². The van der Waals surface area contributed by atoms with E-state index in [1.54, 1.807) is 0 Å². The summed E-state index contributed by atoms with van der Waals surface area (Å²) in [6.45, 7) is 2.63. The number of nitrogens with zero attached hydrogens (tertiary/aromatic N) is 6. The third kappa shape index (κ3) is 5.19. The van der Waals surface area contributed by atoms with Crippen molar-refractivity contribution in [1.82, 2.24) is 34.8 Å². The molecular formula is C25H24F4N8O2. The third-order valence-electron chi connectivity index (χ3n) is 6.45. The van der Waals surface area contributed by atoms with Crippen molar-refractivity contribution in [3.63, 3.8) is 0 Å². The molecule has 204 valence electrons. The number of rotatable bonds is 6. The fourth-order valence-electron chi connectivity index (χ4n) is 4.68. The first-order chi connectivity index (χ1) is 18.5. The number of carbonyl (C=O) groups is 1. The first-order valence-corrected chi connectivity index (χ1v) is 11.9. The Labute approximate surface area is 219 Å². The molecule has 14 heteroatoms. The van der Waals surface area contributed by atoms with Crippen molar-refractivity contribution < 1.29 is 27.1 Å². The maximum absolute atomic E-state index is 14.9. The summed E-state index contributed by atoms with van der Waals surface area (Å²) >= 11 is 0. The lowest BCUT2D eigenvalue weighted by Crippen LogP contribution is -2.41. The second-order valence-electron chi connectivity index (χ2n) is 9.19. The number of aromatic nitrogens is 5. The van der Waals surface area contributed by atoms with Gasteiger partial charge in [0.05, 0.1) is 30.1 Å². The molecule has 2 unspecified atom stereocenters. The van der Waals surface area contributed by atoms with Gasteiger partial charge < -0.3 is 15.8 Å². The number of likely N-dealkylation sites (tertiary alicyclic amines) is 1. The average molecular weight is 545 g/mol. The standard InChI is InChI=1S/C25H24F4N8O2/c1-13-4-3-5-15(34-13)9-36-10-18(26)19(11-36)35-23(38)16-6-14(8-31-24(16)39-2)20-7-17(25(27,28)29)21-22(30)32-12-33-37(20)21/h3-8,12,18-19H,9-11H2,1-2H3,(H,35,38)(H2,30,32,33). The van der Waals surface area contributed by atoms with Gasteiger partial charge in [-0.3, -0.25) is 14.7 Å². The summed E-state index contributed by atoms with van der Waals surface area (Å²) in [5, 5.41) is 6.59. The minimum atomic E-state index is -4.74. The average Bonchev–Trinajstić information content (AvgIpc) is 3.44. The van der Waals surface area contributed by atoms with E-state index in [0.717, 1.165) is 28.3 Å². The van der Waals surface area contributed by atoms with E-state index in [-0.39, 0.29) is 41.6 Å². The third-order valence-corrected chi connectivity index (χ3v) is 6.45. The number of alkyl halides is 4. The van der Waals surface area contributed by atoms with Crippen LogP contribution in [0.2, 0.25) is 0 Å². The van der Waals surface area contributed by atoms with Gasteiger partial charge in [0, 0.05) is 37.1 Å². The molecule has 1 saturated heterocycles. The van der Waals surface area contributed by atoms with Gasteiger partial charge in [0.2, 0.25) is 5.88 Å². The summed E-state index contributed by atoms with van der Waals surface area (Å²) < 4.78 is 62.3. The molecule has 39 heavy (non-hydrogen) atoms. The van der Waals surface area contributed by atoms with Gasteiger partial charge >= 0.3 is 6.18 Å². The lowest BCUT2D eigenvalue weighted by molar-refractivity contribution is -0.136. The molecule has 0 radical (unpaired) electrons. The summed E-state index contributed by atoms with van der Waals surface area (Å²) in [6, 6.07) is 6.94. The number of aryl methyl sites for hydroxylation is 1. The van der Waals surface area contributed by atoms with Gasteiger partial charge in [-0.1, -0.05) is 6.07 Å². The van der Waals surface area contributed by atoms with Crippen molar-refractivity contribution in [2.24, 2.45) is 0 Å². The van der Waals surface area contributed by atoms with E-state index >= 15 is 0 Å². The number of nitrogens with two attached hydrogens (primary N) is 1. The summed E-state index contributed by atoms with van der Waals surface area (Å²) in [6.07, 6.45) is -3.80. The number of methoxy groups -OCH3 is 1. The van der Waals surface area contributed by atoms with Gasteiger partial charge in [-0.05, 0) is 31.2 Å². The fourth-order valence-corrected chi connectivity index (χ4v) is 4.68. The van der Waals surface area contributed by atoms with Crippen LogP contribution in [-0.4, -0.2) is 67.8 Å². The molecule has 0 saturated carbocycles. The Morgan fingerprint density at radius 1 is 1.23 bits per heavy atom. The van der Waals surface area contributed by atoms with Gasteiger partial charge in [-0.15, -0.1) is 0 Å². The van der Waals surface area contributed by atoms with Gasteiger partial charge in [0.1, 0.15) is 23.6 Å². The largest absolute Gasteiger partial charge is 0.480 e. The zero-order valence-electron chi connectivity index (χ0n) is 20.9. The number of pyridine rings is 2. The van der Waals surface area contributed by atoms with Crippen LogP contribution >= 0.6 is 0 Å². The van der Waals surface area contributed by atoms with Crippen molar-refractivity contribution >= 4 is 17.2 Å². The van der Waals surface area contributed by atoms with Crippen molar-refractivity contribution in [3.8, 4) is 17.1 Å². The lowest BCUT2D eigenvalue weighted by atomic mass is 10.1. The van der Waals surface area contributed by atoms with E-state index in [4.69, 9.17) is 10.5 Å². The molecule has 4 aromatic rings. The number of fused-ring (bicyclic) bond motifs is 1. The molecule has 0 aromatic carbocycles. The zero-order valence-corrected chi connectivity index (χ0v) is 20.9. The van der Waals surface area contributed by atoms with E-state index in [9.17, 15) is 22.4 Å². The molecule has 0 spiro atoms. The van der Waals surface area contributed by atoms with E-state index in [1.165, 1.54) is 19.4 Å². The Morgan fingerprint density at radius 2 is 2.03 bits per heavy atom. The topological polar surface area (TPSA) is 124 Å². The van der Waals surface area contributed by atoms with Gasteiger partial charge in [0.15, 0.2) is 5.82 Å². The van der Waals surface area contributed by atoms with Crippen LogP contribution in [0.3, 0.4) is 0 Å². The highest BCUT2D eigenvalue weighted by molar-refractivity contribution is 5.98. The van der Waals surface area contributed by atoms with Crippen LogP contribution in [-0.2, 0) is 12.7 Å². The predicted molar refractivity (Wildman–Crippen MR) is 133 cm³/mol. The fraction of sp³-hybridized carbons (Fsp3) is 0.320. The Kier molecular flexibility index (Phi) is 6.80. The number of ether oxygens (including phenoxy) is 1. The van der Waals surface area contributed by atoms with Crippen LogP contribution in [0.4, 0.5) is 23.4 Å². The molecule has 0 bridgehead atoms. The molecule has 3 N–H and O–H groups in total. The maximum atomic E-state index is 14.9. The molecule has 1 amide bonds. The summed E-state index contributed by atoms with van der Waals surface area (Å²) in [5.41, 5.74) is 5.95. The van der Waals surface area contributed by atoms with Crippen LogP contribution in [0.1, 0.15) is 27.3 Å². The second-order valence-corrected chi connectivity index (χ2v) is 9.19. The number of halogens is 4. The van der Waals surface area contributed by atoms with Crippen LogP contribution in [0.5, 0.6) is 5.88 Å². The van der Waals surface area contributed by atoms with Gasteiger partial charge in [0.25, 0.3) is 5.91 Å². The Hall–Kier alpha value is -4.33. The van der Waals surface area contributed by atoms with E-state index in [1.807, 2.05) is 30.0 Å². The monoisotopic (exact) mass is 544 g/mol. The summed E-state index contributed by atoms with van der Waals surface area (Å²) in [4.78, 5) is 27.3. The van der Waals surface area contributed by atoms with E-state index in [0.29, 0.717) is 6.54 Å². The Morgan fingerprint density at radius 3 is 2.74 bits per heavy atom. The molecule has 1 aliphatic rings. The molecule has 5 heterocycles. The number of carbonyl (C=O) groups excluding carboxylic acids is 1. The highest BCUT2D eigenvalue weighted by Crippen LogP contribution is 2.39. The molecule has 0 aliphatic carbocycles. The van der Waals surface area contributed by atoms with Crippen molar-refractivity contribution in [2.75, 3.05) is 25.9 Å². The molecule has 10 nitrogen and oxygen atoms in total. The molecule has 4 aromatic heterocycles. The molecule has 5 rings (SSSR count). The van der Waals surface area contributed by atoms with Gasteiger partial charge in [-0.2, -0.15) is 18.3 Å². The van der Waals surface area contributed by atoms with Gasteiger partial charge in [-0.25, -0.2) is 18.9 Å². The zero-order chi connectivity index (χ0) is 27.9. The minimum absolute atomic E-state index is 0.0170. The molecule has 1 aliphatic heterocycles. The second kappa shape index (κ2) is 10.1. The summed E-state index contributed by atoms with van der Waals surface area (Å²) in [7, 11) is 1.30. The van der Waals surface area contributed by atoms with E-state index in [2.05, 4.69) is 25.4 Å². The highest BCUT2D eigenvalue weighted by atomic mass is 19.4. The SMILES string of the molecule is COc1ncc(-c2cc(C(F)(F)F)c3c(N)ncnn23)cc1C(=O)NC1CN(Cc2cccc(C)n2)CC1F. The predicted octanol–water partition coefficient (Wildman–Crippen LogP) is 3.06. The lowest BCUT2D eigenvalue weighted by Gasteiger charge is -2.17. The quantitative estimate of drug-likeness (QED) is 0.355. The molecule has 2 atom stereocenters. The smallest absolute Gasteiger partial charge is 0.418 e. The van der Waals surface area contributed by atoms with Crippen LogP contribution in [0, 0.1) is 6.92 Å². The van der Waals surface area contributed by atoms with Crippen LogP contribution < -0.4 is 15.8 Å². The van der Waals surface area contributed by atoms with Crippen LogP contribution in [0.25, 0.3) is 16.8 Å². The first-order valence-electron chi connectivity index (χ1n) is 11.9. The Balaban J connectivity index is 1.42. The number of nitrogen functional groups attached to an aromatic ring is 1. The minimum Gasteiger partial charge on any atom is -0.480 e. The molecular weight excluding hydrogens is 520 g/mol. The number of anilines is 1. The summed E-state index contributed by atoms with van der Waals surface area (Å²) in [5.74, 6) is -1.12. The number of hydrogen-bond donors (Lipinski definition) is 2. The maximum Gasteiger partial charge on any atom is 0.418 e. The van der Waals surface area contributed by atoms with Crippen molar-refractivity contribution in [2.45, 2.75) is 31.9 Å². The first kappa shape index (κ1) is 26.3. The normalized spacial score (nSPS) is 18.0. The van der Waals surface area contributed by atoms with Crippen molar-refractivity contribution in [1.29, 1.82) is 0 Å². The number of hydrogen-bond acceptors (Lipinski definition) is 8. The highest BCUT2D eigenvalue weighted by Gasteiger charge is 2.37. The van der Waals surface area contributed by atoms with Crippen LogP contribution in [0.15, 0.2) is 42.9 Å². The number of nitrogens with one attached hydrogen (secondary N) is 1. The molecule has 1 fully saturated rings. The number of amides is 1.